The van der Waals surface area contributed by atoms with Crippen LogP contribution in [0.15, 0.2) is 22.7 Å². The highest BCUT2D eigenvalue weighted by Crippen LogP contribution is 2.26. The molecule has 2 atom stereocenters. The lowest BCUT2D eigenvalue weighted by molar-refractivity contribution is 0.337. The zero-order valence-corrected chi connectivity index (χ0v) is 12.3. The molecule has 0 amide bonds. The summed E-state index contributed by atoms with van der Waals surface area (Å²) in [5, 5.41) is 7.50. The highest BCUT2D eigenvalue weighted by Gasteiger charge is 2.29. The van der Waals surface area contributed by atoms with Crippen molar-refractivity contribution in [1.29, 1.82) is 0 Å². The second kappa shape index (κ2) is 5.37. The van der Waals surface area contributed by atoms with E-state index in [-0.39, 0.29) is 0 Å². The van der Waals surface area contributed by atoms with Crippen molar-refractivity contribution < 1.29 is 4.52 Å². The largest absolute Gasteiger partial charge is 0.339 e. The van der Waals surface area contributed by atoms with Crippen LogP contribution in [0.25, 0.3) is 0 Å². The average Bonchev–Trinajstić information content (AvgIpc) is 2.96. The van der Waals surface area contributed by atoms with Gasteiger partial charge in [0.2, 0.25) is 5.89 Å². The molecule has 1 N–H and O–H groups in total. The second-order valence-corrected chi connectivity index (χ2v) is 5.96. The van der Waals surface area contributed by atoms with E-state index in [4.69, 9.17) is 4.52 Å². The van der Waals surface area contributed by atoms with E-state index in [0.29, 0.717) is 11.8 Å². The molecule has 0 spiro atoms. The predicted octanol–water partition coefficient (Wildman–Crippen LogP) is 2.60. The van der Waals surface area contributed by atoms with Gasteiger partial charge in [-0.05, 0) is 31.9 Å². The lowest BCUT2D eigenvalue weighted by Gasteiger charge is -2.07. The Kier molecular flexibility index (Phi) is 3.57. The van der Waals surface area contributed by atoms with Crippen LogP contribution >= 0.6 is 0 Å². The van der Waals surface area contributed by atoms with Crippen LogP contribution in [0.3, 0.4) is 0 Å². The van der Waals surface area contributed by atoms with Crippen LogP contribution in [-0.2, 0) is 6.42 Å². The Morgan fingerprint density at radius 3 is 2.60 bits per heavy atom. The van der Waals surface area contributed by atoms with Crippen molar-refractivity contribution in [2.75, 3.05) is 13.1 Å². The van der Waals surface area contributed by atoms with Crippen molar-refractivity contribution >= 4 is 0 Å². The van der Waals surface area contributed by atoms with Gasteiger partial charge < -0.3 is 9.84 Å². The molecule has 0 radical (unpaired) electrons. The fourth-order valence-corrected chi connectivity index (χ4v) is 2.98. The Bertz CT molecular complexity index is 585. The maximum atomic E-state index is 5.45. The van der Waals surface area contributed by atoms with Gasteiger partial charge in [0.25, 0.3) is 0 Å². The van der Waals surface area contributed by atoms with Gasteiger partial charge in [-0.1, -0.05) is 41.4 Å². The van der Waals surface area contributed by atoms with Gasteiger partial charge in [0.1, 0.15) is 0 Å². The molecule has 1 aliphatic heterocycles. The first kappa shape index (κ1) is 13.3. The zero-order chi connectivity index (χ0) is 14.1. The number of benzene rings is 1. The van der Waals surface area contributed by atoms with Gasteiger partial charge in [-0.3, -0.25) is 0 Å². The highest BCUT2D eigenvalue weighted by atomic mass is 16.5. The SMILES string of the molecule is Cc1cc(C)cc(Cc2noc([C@@H]3CNC[C@H]3C)n2)c1. The smallest absolute Gasteiger partial charge is 0.231 e. The minimum Gasteiger partial charge on any atom is -0.339 e. The molecule has 0 bridgehead atoms. The number of aryl methyl sites for hydroxylation is 2. The third-order valence-electron chi connectivity index (χ3n) is 3.96. The van der Waals surface area contributed by atoms with E-state index in [1.807, 2.05) is 0 Å². The van der Waals surface area contributed by atoms with Crippen LogP contribution in [-0.4, -0.2) is 23.2 Å². The molecule has 4 heteroatoms. The molecule has 0 aliphatic carbocycles. The molecule has 1 aliphatic rings. The number of nitrogens with one attached hydrogen (secondary N) is 1. The number of aromatic nitrogens is 2. The molecule has 2 heterocycles. The molecule has 1 fully saturated rings. The van der Waals surface area contributed by atoms with Crippen LogP contribution < -0.4 is 5.32 Å². The van der Waals surface area contributed by atoms with Gasteiger partial charge in [0.15, 0.2) is 5.82 Å². The first-order chi connectivity index (χ1) is 9.61. The van der Waals surface area contributed by atoms with E-state index < -0.39 is 0 Å². The summed E-state index contributed by atoms with van der Waals surface area (Å²) in [4.78, 5) is 4.58. The Labute approximate surface area is 119 Å². The number of rotatable bonds is 3. The quantitative estimate of drug-likeness (QED) is 0.932. The molecule has 2 aromatic rings. The molecule has 4 nitrogen and oxygen atoms in total. The summed E-state index contributed by atoms with van der Waals surface area (Å²) in [6.45, 7) is 8.42. The molecule has 1 saturated heterocycles. The van der Waals surface area contributed by atoms with Gasteiger partial charge in [-0.2, -0.15) is 4.98 Å². The van der Waals surface area contributed by atoms with Crippen LogP contribution in [0.1, 0.15) is 41.2 Å². The van der Waals surface area contributed by atoms with Crippen LogP contribution in [0.4, 0.5) is 0 Å². The van der Waals surface area contributed by atoms with E-state index in [0.717, 1.165) is 31.2 Å². The minimum atomic E-state index is 0.357. The molecular formula is C16H21N3O. The molecule has 0 saturated carbocycles. The lowest BCUT2D eigenvalue weighted by Crippen LogP contribution is -2.08. The fourth-order valence-electron chi connectivity index (χ4n) is 2.98. The maximum absolute atomic E-state index is 5.45. The Morgan fingerprint density at radius 2 is 1.95 bits per heavy atom. The number of hydrogen-bond acceptors (Lipinski definition) is 4. The van der Waals surface area contributed by atoms with E-state index in [1.54, 1.807) is 0 Å². The van der Waals surface area contributed by atoms with E-state index in [9.17, 15) is 0 Å². The van der Waals surface area contributed by atoms with Crippen LogP contribution in [0.5, 0.6) is 0 Å². The summed E-state index contributed by atoms with van der Waals surface area (Å²) in [5.74, 6) is 2.48. The van der Waals surface area contributed by atoms with Crippen molar-refractivity contribution in [2.45, 2.75) is 33.1 Å². The first-order valence-corrected chi connectivity index (χ1v) is 7.22. The van der Waals surface area contributed by atoms with E-state index >= 15 is 0 Å². The minimum absolute atomic E-state index is 0.357. The van der Waals surface area contributed by atoms with Crippen molar-refractivity contribution in [1.82, 2.24) is 15.5 Å². The molecular weight excluding hydrogens is 250 g/mol. The third kappa shape index (κ3) is 2.75. The third-order valence-corrected chi connectivity index (χ3v) is 3.96. The average molecular weight is 271 g/mol. The van der Waals surface area contributed by atoms with Crippen molar-refractivity contribution in [3.63, 3.8) is 0 Å². The van der Waals surface area contributed by atoms with Gasteiger partial charge in [0.05, 0.1) is 5.92 Å². The van der Waals surface area contributed by atoms with Crippen molar-refractivity contribution in [3.8, 4) is 0 Å². The Morgan fingerprint density at radius 1 is 1.20 bits per heavy atom. The summed E-state index contributed by atoms with van der Waals surface area (Å²) in [5.41, 5.74) is 3.79. The van der Waals surface area contributed by atoms with Crippen molar-refractivity contribution in [2.24, 2.45) is 5.92 Å². The lowest BCUT2D eigenvalue weighted by atomic mass is 9.98. The number of hydrogen-bond donors (Lipinski definition) is 1. The molecule has 3 rings (SSSR count). The standard InChI is InChI=1S/C16H21N3O/c1-10-4-11(2)6-13(5-10)7-15-18-16(20-19-15)14-9-17-8-12(14)3/h4-6,12,14,17H,7-9H2,1-3H3/t12-,14-/m1/s1. The maximum Gasteiger partial charge on any atom is 0.231 e. The molecule has 1 aromatic carbocycles. The molecule has 20 heavy (non-hydrogen) atoms. The van der Waals surface area contributed by atoms with E-state index in [1.165, 1.54) is 16.7 Å². The summed E-state index contributed by atoms with van der Waals surface area (Å²) in [6, 6.07) is 6.54. The van der Waals surface area contributed by atoms with Crippen LogP contribution in [0, 0.1) is 19.8 Å². The second-order valence-electron chi connectivity index (χ2n) is 5.96. The van der Waals surface area contributed by atoms with Crippen LogP contribution in [0.2, 0.25) is 0 Å². The molecule has 106 valence electrons. The van der Waals surface area contributed by atoms with Gasteiger partial charge in [-0.25, -0.2) is 0 Å². The molecule has 0 unspecified atom stereocenters. The van der Waals surface area contributed by atoms with Crippen molar-refractivity contribution in [3.05, 3.63) is 46.6 Å². The molecule has 1 aromatic heterocycles. The summed E-state index contributed by atoms with van der Waals surface area (Å²) < 4.78 is 5.45. The van der Waals surface area contributed by atoms with Gasteiger partial charge in [0, 0.05) is 13.0 Å². The summed E-state index contributed by atoms with van der Waals surface area (Å²) >= 11 is 0. The fraction of sp³-hybridized carbons (Fsp3) is 0.500. The summed E-state index contributed by atoms with van der Waals surface area (Å²) in [7, 11) is 0. The van der Waals surface area contributed by atoms with Gasteiger partial charge >= 0.3 is 0 Å². The van der Waals surface area contributed by atoms with Gasteiger partial charge in [-0.15, -0.1) is 0 Å². The normalized spacial score (nSPS) is 22.4. The summed E-state index contributed by atoms with van der Waals surface area (Å²) in [6.07, 6.45) is 0.737. The predicted molar refractivity (Wildman–Crippen MR) is 77.8 cm³/mol. The Balaban J connectivity index is 1.77. The zero-order valence-electron chi connectivity index (χ0n) is 12.3. The highest BCUT2D eigenvalue weighted by molar-refractivity contribution is 5.30. The first-order valence-electron chi connectivity index (χ1n) is 7.22. The Hall–Kier alpha value is -1.68. The monoisotopic (exact) mass is 271 g/mol. The number of nitrogens with zero attached hydrogens (tertiary/aromatic N) is 2. The van der Waals surface area contributed by atoms with E-state index in [2.05, 4.69) is 54.4 Å². The topological polar surface area (TPSA) is 51.0 Å².